The van der Waals surface area contributed by atoms with E-state index in [0.29, 0.717) is 42.5 Å². The molecule has 0 N–H and O–H groups in total. The molecule has 1 aromatic rings. The van der Waals surface area contributed by atoms with E-state index < -0.39 is 16.1 Å². The average molecular weight is 388 g/mol. The Bertz CT molecular complexity index is 761. The third kappa shape index (κ3) is 4.43. The van der Waals surface area contributed by atoms with Crippen LogP contribution in [0, 0.1) is 6.92 Å². The standard InChI is InChI=1S/C16H22ClN3O4S/c1-12-4-5-14(17)10-15(12)20(25(3,23)24)13(2)16(22)19-8-6-18(11-21)7-9-19/h4-5,10-11,13H,6-9H2,1-3H3/t13-/m1/s1. The molecule has 1 atom stereocenters. The fourth-order valence-corrected chi connectivity index (χ4v) is 4.29. The molecule has 0 saturated carbocycles. The maximum Gasteiger partial charge on any atom is 0.246 e. The second-order valence-corrected chi connectivity index (χ2v) is 8.43. The molecule has 0 unspecified atom stereocenters. The Kier molecular flexibility index (Phi) is 5.95. The molecule has 1 aromatic carbocycles. The van der Waals surface area contributed by atoms with E-state index in [1.165, 1.54) is 0 Å². The summed E-state index contributed by atoms with van der Waals surface area (Å²) in [6.07, 6.45) is 1.82. The molecule has 0 bridgehead atoms. The number of amides is 2. The van der Waals surface area contributed by atoms with Crippen LogP contribution in [0.2, 0.25) is 5.02 Å². The van der Waals surface area contributed by atoms with Crippen LogP contribution < -0.4 is 4.31 Å². The summed E-state index contributed by atoms with van der Waals surface area (Å²) in [6, 6.07) is 4.03. The second kappa shape index (κ2) is 7.61. The first-order valence-corrected chi connectivity index (χ1v) is 10.1. The molecule has 1 aliphatic heterocycles. The summed E-state index contributed by atoms with van der Waals surface area (Å²) in [6.45, 7) is 4.98. The van der Waals surface area contributed by atoms with Gasteiger partial charge in [0.1, 0.15) is 6.04 Å². The minimum absolute atomic E-state index is 0.296. The lowest BCUT2D eigenvalue weighted by molar-refractivity contribution is -0.135. The molecule has 138 valence electrons. The van der Waals surface area contributed by atoms with E-state index >= 15 is 0 Å². The van der Waals surface area contributed by atoms with Crippen molar-refractivity contribution in [3.8, 4) is 0 Å². The maximum atomic E-state index is 12.8. The van der Waals surface area contributed by atoms with Gasteiger partial charge in [0.25, 0.3) is 0 Å². The first kappa shape index (κ1) is 19.5. The topological polar surface area (TPSA) is 78.0 Å². The molecule has 25 heavy (non-hydrogen) atoms. The number of sulfonamides is 1. The van der Waals surface area contributed by atoms with Crippen molar-refractivity contribution >= 4 is 39.6 Å². The molecule has 1 fully saturated rings. The molecule has 1 aliphatic rings. The van der Waals surface area contributed by atoms with Crippen molar-refractivity contribution in [2.24, 2.45) is 0 Å². The van der Waals surface area contributed by atoms with Crippen LogP contribution in [-0.2, 0) is 19.6 Å². The van der Waals surface area contributed by atoms with Gasteiger partial charge in [-0.05, 0) is 31.5 Å². The number of carbonyl (C=O) groups excluding carboxylic acids is 2. The van der Waals surface area contributed by atoms with Gasteiger partial charge in [-0.15, -0.1) is 0 Å². The molecule has 0 spiro atoms. The third-order valence-corrected chi connectivity index (χ3v) is 5.71. The molecule has 2 amide bonds. The summed E-state index contributed by atoms with van der Waals surface area (Å²) >= 11 is 6.02. The minimum Gasteiger partial charge on any atom is -0.342 e. The first-order chi connectivity index (χ1) is 11.6. The van der Waals surface area contributed by atoms with Crippen LogP contribution in [0.15, 0.2) is 18.2 Å². The smallest absolute Gasteiger partial charge is 0.246 e. The summed E-state index contributed by atoms with van der Waals surface area (Å²) < 4.78 is 25.9. The maximum absolute atomic E-state index is 12.8. The number of hydrogen-bond acceptors (Lipinski definition) is 4. The summed E-state index contributed by atoms with van der Waals surface area (Å²) in [5, 5.41) is 0.397. The quantitative estimate of drug-likeness (QED) is 0.709. The van der Waals surface area contributed by atoms with Gasteiger partial charge in [0.15, 0.2) is 0 Å². The lowest BCUT2D eigenvalue weighted by atomic mass is 10.1. The number of halogens is 1. The predicted octanol–water partition coefficient (Wildman–Crippen LogP) is 1.10. The summed E-state index contributed by atoms with van der Waals surface area (Å²) in [4.78, 5) is 26.8. The van der Waals surface area contributed by atoms with Crippen molar-refractivity contribution < 1.29 is 18.0 Å². The van der Waals surface area contributed by atoms with Crippen molar-refractivity contribution in [3.05, 3.63) is 28.8 Å². The highest BCUT2D eigenvalue weighted by molar-refractivity contribution is 7.92. The lowest BCUT2D eigenvalue weighted by Gasteiger charge is -2.37. The molecule has 1 heterocycles. The highest BCUT2D eigenvalue weighted by Crippen LogP contribution is 2.28. The second-order valence-electron chi connectivity index (χ2n) is 6.13. The Hall–Kier alpha value is -1.80. The third-order valence-electron chi connectivity index (χ3n) is 4.25. The van der Waals surface area contributed by atoms with Crippen LogP contribution >= 0.6 is 11.6 Å². The van der Waals surface area contributed by atoms with Crippen molar-refractivity contribution in [2.45, 2.75) is 19.9 Å². The summed E-state index contributed by atoms with van der Waals surface area (Å²) in [5.74, 6) is -0.296. The number of nitrogens with zero attached hydrogens (tertiary/aromatic N) is 3. The largest absolute Gasteiger partial charge is 0.342 e. The van der Waals surface area contributed by atoms with E-state index in [9.17, 15) is 18.0 Å². The van der Waals surface area contributed by atoms with E-state index in [0.717, 1.165) is 17.0 Å². The van der Waals surface area contributed by atoms with Gasteiger partial charge in [-0.25, -0.2) is 8.42 Å². The van der Waals surface area contributed by atoms with Crippen LogP contribution in [0.4, 0.5) is 5.69 Å². The fraction of sp³-hybridized carbons (Fsp3) is 0.500. The number of anilines is 1. The first-order valence-electron chi connectivity index (χ1n) is 7.89. The van der Waals surface area contributed by atoms with Crippen molar-refractivity contribution in [3.63, 3.8) is 0 Å². The molecule has 2 rings (SSSR count). The minimum atomic E-state index is -3.69. The van der Waals surface area contributed by atoms with Gasteiger partial charge in [0, 0.05) is 31.2 Å². The number of benzene rings is 1. The average Bonchev–Trinajstić information content (AvgIpc) is 2.56. The van der Waals surface area contributed by atoms with Gasteiger partial charge < -0.3 is 9.80 Å². The van der Waals surface area contributed by atoms with Crippen LogP contribution in [0.1, 0.15) is 12.5 Å². The Morgan fingerprint density at radius 1 is 1.28 bits per heavy atom. The van der Waals surface area contributed by atoms with Crippen molar-refractivity contribution in [1.29, 1.82) is 0 Å². The van der Waals surface area contributed by atoms with Crippen LogP contribution in [0.5, 0.6) is 0 Å². The predicted molar refractivity (Wildman–Crippen MR) is 97.2 cm³/mol. The van der Waals surface area contributed by atoms with E-state index in [2.05, 4.69) is 0 Å². The molecule has 0 radical (unpaired) electrons. The Labute approximate surface area is 153 Å². The molecular formula is C16H22ClN3O4S. The Balaban J connectivity index is 2.31. The highest BCUT2D eigenvalue weighted by atomic mass is 35.5. The van der Waals surface area contributed by atoms with Crippen molar-refractivity contribution in [2.75, 3.05) is 36.7 Å². The molecule has 0 aliphatic carbocycles. The highest BCUT2D eigenvalue weighted by Gasteiger charge is 2.34. The number of carbonyl (C=O) groups is 2. The van der Waals surface area contributed by atoms with Crippen LogP contribution in [-0.4, -0.2) is 69.0 Å². The van der Waals surface area contributed by atoms with E-state index in [4.69, 9.17) is 11.6 Å². The summed E-state index contributed by atoms with van der Waals surface area (Å²) in [7, 11) is -3.69. The Morgan fingerprint density at radius 3 is 2.40 bits per heavy atom. The van der Waals surface area contributed by atoms with Gasteiger partial charge >= 0.3 is 0 Å². The van der Waals surface area contributed by atoms with Gasteiger partial charge in [-0.3, -0.25) is 13.9 Å². The molecule has 1 saturated heterocycles. The number of piperazine rings is 1. The van der Waals surface area contributed by atoms with Crippen LogP contribution in [0.3, 0.4) is 0 Å². The molecule has 7 nitrogen and oxygen atoms in total. The molecule has 9 heteroatoms. The fourth-order valence-electron chi connectivity index (χ4n) is 2.91. The van der Waals surface area contributed by atoms with Gasteiger partial charge in [0.2, 0.25) is 22.3 Å². The number of hydrogen-bond donors (Lipinski definition) is 0. The van der Waals surface area contributed by atoms with Gasteiger partial charge in [0.05, 0.1) is 11.9 Å². The zero-order valence-electron chi connectivity index (χ0n) is 14.5. The SMILES string of the molecule is Cc1ccc(Cl)cc1N([C@H](C)C(=O)N1CCN(C=O)CC1)S(C)(=O)=O. The zero-order valence-corrected chi connectivity index (χ0v) is 16.0. The normalized spacial score (nSPS) is 16.5. The van der Waals surface area contributed by atoms with E-state index in [-0.39, 0.29) is 5.91 Å². The van der Waals surface area contributed by atoms with Crippen molar-refractivity contribution in [1.82, 2.24) is 9.80 Å². The zero-order chi connectivity index (χ0) is 18.8. The molecule has 0 aromatic heterocycles. The van der Waals surface area contributed by atoms with Gasteiger partial charge in [-0.1, -0.05) is 17.7 Å². The number of aryl methyl sites for hydroxylation is 1. The van der Waals surface area contributed by atoms with E-state index in [1.54, 1.807) is 41.8 Å². The van der Waals surface area contributed by atoms with E-state index in [1.807, 2.05) is 0 Å². The number of rotatable bonds is 5. The Morgan fingerprint density at radius 2 is 1.88 bits per heavy atom. The van der Waals surface area contributed by atoms with Gasteiger partial charge in [-0.2, -0.15) is 0 Å². The molecular weight excluding hydrogens is 366 g/mol. The summed E-state index contributed by atoms with van der Waals surface area (Å²) in [5.41, 5.74) is 1.10. The lowest BCUT2D eigenvalue weighted by Crippen LogP contribution is -2.55. The van der Waals surface area contributed by atoms with Crippen LogP contribution in [0.25, 0.3) is 0 Å². The monoisotopic (exact) mass is 387 g/mol.